The van der Waals surface area contributed by atoms with Gasteiger partial charge in [-0.05, 0) is 47.5 Å². The molecule has 0 aliphatic heterocycles. The molecule has 31 heavy (non-hydrogen) atoms. The fraction of sp³-hybridized carbons (Fsp3) is 0.0357. The van der Waals surface area contributed by atoms with Crippen molar-refractivity contribution >= 4 is 0 Å². The molecule has 0 atom stereocenters. The largest absolute Gasteiger partial charge is 0.508 e. The number of aromatic nitrogens is 2. The Balaban J connectivity index is 1.79. The van der Waals surface area contributed by atoms with Crippen LogP contribution in [0.25, 0.3) is 28.1 Å². The maximum Gasteiger partial charge on any atom is 0.115 e. The van der Waals surface area contributed by atoms with Crippen LogP contribution in [0.1, 0.15) is 11.3 Å². The molecule has 0 amide bonds. The Hall–Kier alpha value is -4.11. The second-order valence-electron chi connectivity index (χ2n) is 7.49. The van der Waals surface area contributed by atoms with E-state index < -0.39 is 0 Å². The molecule has 0 aliphatic rings. The average Bonchev–Trinajstić information content (AvgIpc) is 3.20. The van der Waals surface area contributed by atoms with Crippen molar-refractivity contribution in [1.82, 2.24) is 9.78 Å². The van der Waals surface area contributed by atoms with Crippen molar-refractivity contribution in [2.45, 2.75) is 6.42 Å². The predicted molar refractivity (Wildman–Crippen MR) is 125 cm³/mol. The van der Waals surface area contributed by atoms with Crippen molar-refractivity contribution in [3.63, 3.8) is 0 Å². The van der Waals surface area contributed by atoms with Gasteiger partial charge in [0.1, 0.15) is 5.75 Å². The Labute approximate surface area is 181 Å². The van der Waals surface area contributed by atoms with E-state index in [0.29, 0.717) is 0 Å². The van der Waals surface area contributed by atoms with Crippen LogP contribution < -0.4 is 0 Å². The monoisotopic (exact) mass is 402 g/mol. The van der Waals surface area contributed by atoms with Crippen LogP contribution in [-0.4, -0.2) is 14.9 Å². The van der Waals surface area contributed by atoms with E-state index in [1.807, 2.05) is 47.1 Å². The molecule has 1 N–H and O–H groups in total. The van der Waals surface area contributed by atoms with Crippen molar-refractivity contribution in [3.05, 3.63) is 127 Å². The number of para-hydroxylation sites is 1. The van der Waals surface area contributed by atoms with Crippen molar-refractivity contribution in [1.29, 1.82) is 0 Å². The van der Waals surface area contributed by atoms with Gasteiger partial charge in [-0.25, -0.2) is 4.68 Å². The Bertz CT molecular complexity index is 1280. The second kappa shape index (κ2) is 8.33. The van der Waals surface area contributed by atoms with Gasteiger partial charge >= 0.3 is 0 Å². The molecule has 0 unspecified atom stereocenters. The van der Waals surface area contributed by atoms with Gasteiger partial charge < -0.3 is 5.11 Å². The van der Waals surface area contributed by atoms with Crippen LogP contribution in [0.2, 0.25) is 0 Å². The molecule has 0 spiro atoms. The highest BCUT2D eigenvalue weighted by atomic mass is 16.3. The summed E-state index contributed by atoms with van der Waals surface area (Å²) in [6, 6.07) is 38.4. The normalized spacial score (nSPS) is 10.8. The molecular formula is C28H22N2O. The average molecular weight is 402 g/mol. The molecule has 0 saturated carbocycles. The maximum absolute atomic E-state index is 9.85. The Kier molecular flexibility index (Phi) is 5.07. The highest BCUT2D eigenvalue weighted by molar-refractivity contribution is 5.84. The summed E-state index contributed by atoms with van der Waals surface area (Å²) in [6.45, 7) is 0. The van der Waals surface area contributed by atoms with E-state index in [1.165, 1.54) is 5.56 Å². The smallest absolute Gasteiger partial charge is 0.115 e. The summed E-state index contributed by atoms with van der Waals surface area (Å²) in [6.07, 6.45) is 0.732. The topological polar surface area (TPSA) is 38.1 Å². The van der Waals surface area contributed by atoms with Crippen LogP contribution in [0.5, 0.6) is 5.75 Å². The molecule has 0 fully saturated rings. The summed E-state index contributed by atoms with van der Waals surface area (Å²) >= 11 is 0. The van der Waals surface area contributed by atoms with Crippen molar-refractivity contribution in [3.8, 4) is 33.8 Å². The number of phenolic OH excluding ortho intramolecular Hbond substituents is 1. The molecule has 150 valence electrons. The van der Waals surface area contributed by atoms with Gasteiger partial charge in [0.25, 0.3) is 0 Å². The van der Waals surface area contributed by atoms with Gasteiger partial charge in [0.2, 0.25) is 0 Å². The molecule has 3 nitrogen and oxygen atoms in total. The molecule has 4 aromatic carbocycles. The fourth-order valence-electron chi connectivity index (χ4n) is 3.93. The predicted octanol–water partition coefficient (Wildman–Crippen LogP) is 6.50. The lowest BCUT2D eigenvalue weighted by Crippen LogP contribution is -1.99. The molecule has 1 aromatic heterocycles. The van der Waals surface area contributed by atoms with Crippen molar-refractivity contribution in [2.24, 2.45) is 0 Å². The zero-order valence-electron chi connectivity index (χ0n) is 17.0. The Morgan fingerprint density at radius 3 is 1.84 bits per heavy atom. The van der Waals surface area contributed by atoms with Crippen molar-refractivity contribution in [2.75, 3.05) is 0 Å². The summed E-state index contributed by atoms with van der Waals surface area (Å²) in [5.74, 6) is 0.250. The highest BCUT2D eigenvalue weighted by Gasteiger charge is 2.22. The zero-order valence-corrected chi connectivity index (χ0v) is 17.0. The number of aromatic hydroxyl groups is 1. The molecule has 0 bridgehead atoms. The lowest BCUT2D eigenvalue weighted by Gasteiger charge is -2.11. The van der Waals surface area contributed by atoms with Gasteiger partial charge in [0.05, 0.1) is 17.1 Å². The Morgan fingerprint density at radius 1 is 0.613 bits per heavy atom. The minimum atomic E-state index is 0.250. The van der Waals surface area contributed by atoms with Gasteiger partial charge in [-0.2, -0.15) is 5.10 Å². The summed E-state index contributed by atoms with van der Waals surface area (Å²) in [4.78, 5) is 0. The van der Waals surface area contributed by atoms with E-state index in [9.17, 15) is 5.11 Å². The van der Waals surface area contributed by atoms with Crippen LogP contribution in [-0.2, 0) is 6.42 Å². The minimum Gasteiger partial charge on any atom is -0.508 e. The van der Waals surface area contributed by atoms with Crippen LogP contribution in [0.15, 0.2) is 115 Å². The van der Waals surface area contributed by atoms with E-state index >= 15 is 0 Å². The number of rotatable bonds is 5. The number of hydrogen-bond acceptors (Lipinski definition) is 2. The van der Waals surface area contributed by atoms with Gasteiger partial charge in [0, 0.05) is 17.5 Å². The molecular weight excluding hydrogens is 380 g/mol. The third-order valence-electron chi connectivity index (χ3n) is 5.38. The zero-order chi connectivity index (χ0) is 21.0. The minimum absolute atomic E-state index is 0.250. The van der Waals surface area contributed by atoms with Gasteiger partial charge in [-0.3, -0.25) is 0 Å². The number of hydrogen-bond donors (Lipinski definition) is 1. The molecule has 5 rings (SSSR count). The quantitative estimate of drug-likeness (QED) is 0.364. The van der Waals surface area contributed by atoms with Crippen molar-refractivity contribution < 1.29 is 5.11 Å². The van der Waals surface area contributed by atoms with Crippen LogP contribution in [0.4, 0.5) is 0 Å². The van der Waals surface area contributed by atoms with Crippen LogP contribution in [0, 0.1) is 0 Å². The second-order valence-corrected chi connectivity index (χ2v) is 7.49. The summed E-state index contributed by atoms with van der Waals surface area (Å²) in [7, 11) is 0. The number of benzene rings is 4. The molecule has 0 saturated heterocycles. The molecule has 0 radical (unpaired) electrons. The van der Waals surface area contributed by atoms with E-state index in [2.05, 4.69) is 60.7 Å². The molecule has 0 aliphatic carbocycles. The highest BCUT2D eigenvalue weighted by Crippen LogP contribution is 2.38. The van der Waals surface area contributed by atoms with E-state index in [0.717, 1.165) is 40.2 Å². The SMILES string of the molecule is Oc1ccc(-c2c(-c3ccccc3)c(Cc3ccccc3)nn2-c2ccccc2)cc1. The summed E-state index contributed by atoms with van der Waals surface area (Å²) in [5.41, 5.74) is 7.49. The van der Waals surface area contributed by atoms with Gasteiger partial charge in [-0.1, -0.05) is 78.9 Å². The number of nitrogens with zero attached hydrogens (tertiary/aromatic N) is 2. The maximum atomic E-state index is 9.85. The first-order chi connectivity index (χ1) is 15.3. The van der Waals surface area contributed by atoms with E-state index in [-0.39, 0.29) is 5.75 Å². The third kappa shape index (κ3) is 3.86. The summed E-state index contributed by atoms with van der Waals surface area (Å²) < 4.78 is 2.02. The number of phenols is 1. The van der Waals surface area contributed by atoms with Gasteiger partial charge in [-0.15, -0.1) is 0 Å². The fourth-order valence-corrected chi connectivity index (χ4v) is 3.93. The molecule has 1 heterocycles. The summed E-state index contributed by atoms with van der Waals surface area (Å²) in [5, 5.41) is 15.0. The first-order valence-corrected chi connectivity index (χ1v) is 10.4. The van der Waals surface area contributed by atoms with Crippen LogP contribution in [0.3, 0.4) is 0 Å². The lowest BCUT2D eigenvalue weighted by molar-refractivity contribution is 0.475. The first kappa shape index (κ1) is 18.9. The van der Waals surface area contributed by atoms with Gasteiger partial charge in [0.15, 0.2) is 0 Å². The van der Waals surface area contributed by atoms with E-state index in [4.69, 9.17) is 5.10 Å². The molecule has 5 aromatic rings. The first-order valence-electron chi connectivity index (χ1n) is 10.4. The Morgan fingerprint density at radius 2 is 1.19 bits per heavy atom. The molecule has 3 heteroatoms. The lowest BCUT2D eigenvalue weighted by atomic mass is 9.96. The van der Waals surface area contributed by atoms with E-state index in [1.54, 1.807) is 12.1 Å². The van der Waals surface area contributed by atoms with Crippen LogP contribution >= 0.6 is 0 Å². The third-order valence-corrected chi connectivity index (χ3v) is 5.38. The standard InChI is InChI=1S/C28H22N2O/c31-25-18-16-23(17-19-25)28-27(22-12-6-2-7-13-22)26(20-21-10-4-1-5-11-21)29-30(28)24-14-8-3-9-15-24/h1-19,31H,20H2.